The minimum absolute atomic E-state index is 0.0674. The molecule has 0 unspecified atom stereocenters. The standard InChI is InChI=1S/C16H10Cl2N4O4S/c17-9-5-6-10(11(18)7-9)15-20-21-16(26-15)27-8-14(23)19-12-3-1-2-4-13(12)22(24)25/h1-7H,8H2,(H,19,23). The van der Waals surface area contributed by atoms with Crippen LogP contribution in [0.4, 0.5) is 11.4 Å². The molecular formula is C16H10Cl2N4O4S. The van der Waals surface area contributed by atoms with Crippen LogP contribution in [0.1, 0.15) is 0 Å². The zero-order valence-corrected chi connectivity index (χ0v) is 15.7. The summed E-state index contributed by atoms with van der Waals surface area (Å²) in [7, 11) is 0. The summed E-state index contributed by atoms with van der Waals surface area (Å²) in [5.74, 6) is -0.320. The molecule has 1 amide bonds. The molecule has 0 saturated heterocycles. The molecule has 2 aromatic carbocycles. The number of anilines is 1. The molecule has 0 aliphatic heterocycles. The van der Waals surface area contributed by atoms with Crippen LogP contribution < -0.4 is 5.32 Å². The topological polar surface area (TPSA) is 111 Å². The lowest BCUT2D eigenvalue weighted by molar-refractivity contribution is -0.383. The van der Waals surface area contributed by atoms with Crippen molar-refractivity contribution in [3.8, 4) is 11.5 Å². The average molecular weight is 425 g/mol. The first kappa shape index (κ1) is 19.2. The highest BCUT2D eigenvalue weighted by molar-refractivity contribution is 7.99. The van der Waals surface area contributed by atoms with Gasteiger partial charge in [0.2, 0.25) is 11.8 Å². The monoisotopic (exact) mass is 424 g/mol. The van der Waals surface area contributed by atoms with Gasteiger partial charge >= 0.3 is 0 Å². The van der Waals surface area contributed by atoms with Crippen molar-refractivity contribution in [1.29, 1.82) is 0 Å². The third-order valence-corrected chi connectivity index (χ3v) is 4.64. The predicted molar refractivity (Wildman–Crippen MR) is 102 cm³/mol. The number of thioether (sulfide) groups is 1. The summed E-state index contributed by atoms with van der Waals surface area (Å²) in [6.45, 7) is 0. The van der Waals surface area contributed by atoms with E-state index in [4.69, 9.17) is 27.6 Å². The van der Waals surface area contributed by atoms with E-state index < -0.39 is 10.8 Å². The van der Waals surface area contributed by atoms with Crippen LogP contribution in [-0.2, 0) is 4.79 Å². The highest BCUT2D eigenvalue weighted by Gasteiger charge is 2.17. The lowest BCUT2D eigenvalue weighted by atomic mass is 10.2. The Kier molecular flexibility index (Phi) is 5.94. The summed E-state index contributed by atoms with van der Waals surface area (Å²) < 4.78 is 5.48. The van der Waals surface area contributed by atoms with Gasteiger partial charge in [0.05, 0.1) is 21.3 Å². The molecule has 0 fully saturated rings. The number of para-hydroxylation sites is 2. The fourth-order valence-corrected chi connectivity index (χ4v) is 3.14. The molecule has 1 aromatic heterocycles. The molecule has 1 heterocycles. The average Bonchev–Trinajstić information content (AvgIpc) is 3.09. The van der Waals surface area contributed by atoms with Crippen molar-refractivity contribution in [2.75, 3.05) is 11.1 Å². The Morgan fingerprint density at radius 1 is 1.22 bits per heavy atom. The van der Waals surface area contributed by atoms with Crippen molar-refractivity contribution in [3.63, 3.8) is 0 Å². The molecule has 0 aliphatic rings. The van der Waals surface area contributed by atoms with E-state index >= 15 is 0 Å². The zero-order valence-electron chi connectivity index (χ0n) is 13.4. The second-order valence-electron chi connectivity index (χ2n) is 5.11. The number of carbonyl (C=O) groups is 1. The van der Waals surface area contributed by atoms with Gasteiger partial charge in [-0.1, -0.05) is 47.1 Å². The van der Waals surface area contributed by atoms with Crippen molar-refractivity contribution in [3.05, 3.63) is 62.6 Å². The maximum absolute atomic E-state index is 12.0. The maximum atomic E-state index is 12.0. The number of nitrogens with one attached hydrogen (secondary N) is 1. The van der Waals surface area contributed by atoms with Gasteiger partial charge in [0.25, 0.3) is 10.9 Å². The number of halogens is 2. The van der Waals surface area contributed by atoms with E-state index in [1.54, 1.807) is 24.3 Å². The van der Waals surface area contributed by atoms with Crippen LogP contribution in [0.5, 0.6) is 0 Å². The molecule has 0 spiro atoms. The van der Waals surface area contributed by atoms with E-state index in [0.717, 1.165) is 11.8 Å². The van der Waals surface area contributed by atoms with Crippen molar-refractivity contribution < 1.29 is 14.1 Å². The van der Waals surface area contributed by atoms with Crippen LogP contribution in [0.25, 0.3) is 11.5 Å². The van der Waals surface area contributed by atoms with Crippen molar-refractivity contribution in [2.45, 2.75) is 5.22 Å². The Labute approximate surface area is 167 Å². The number of hydrogen-bond acceptors (Lipinski definition) is 7. The Morgan fingerprint density at radius 3 is 2.74 bits per heavy atom. The Hall–Kier alpha value is -2.62. The third kappa shape index (κ3) is 4.76. The Balaban J connectivity index is 1.63. The van der Waals surface area contributed by atoms with Gasteiger partial charge in [-0.3, -0.25) is 14.9 Å². The highest BCUT2D eigenvalue weighted by atomic mass is 35.5. The predicted octanol–water partition coefficient (Wildman–Crippen LogP) is 4.68. The van der Waals surface area contributed by atoms with E-state index in [2.05, 4.69) is 15.5 Å². The van der Waals surface area contributed by atoms with Crippen molar-refractivity contribution in [1.82, 2.24) is 10.2 Å². The summed E-state index contributed by atoms with van der Waals surface area (Å²) in [6.07, 6.45) is 0. The van der Waals surface area contributed by atoms with Gasteiger partial charge in [0.1, 0.15) is 5.69 Å². The second kappa shape index (κ2) is 8.38. The lowest BCUT2D eigenvalue weighted by Crippen LogP contribution is -2.15. The molecular weight excluding hydrogens is 415 g/mol. The molecule has 27 heavy (non-hydrogen) atoms. The van der Waals surface area contributed by atoms with Crippen LogP contribution in [0, 0.1) is 10.1 Å². The molecule has 138 valence electrons. The van der Waals surface area contributed by atoms with Crippen molar-refractivity contribution >= 4 is 52.2 Å². The summed E-state index contributed by atoms with van der Waals surface area (Å²) >= 11 is 12.9. The summed E-state index contributed by atoms with van der Waals surface area (Å²) in [4.78, 5) is 22.4. The van der Waals surface area contributed by atoms with Crippen molar-refractivity contribution in [2.24, 2.45) is 0 Å². The van der Waals surface area contributed by atoms with Crippen LogP contribution in [0.15, 0.2) is 52.1 Å². The van der Waals surface area contributed by atoms with Crippen LogP contribution in [0.2, 0.25) is 10.0 Å². The maximum Gasteiger partial charge on any atom is 0.292 e. The summed E-state index contributed by atoms with van der Waals surface area (Å²) in [5, 5.41) is 22.2. The number of benzene rings is 2. The smallest absolute Gasteiger partial charge is 0.292 e. The van der Waals surface area contributed by atoms with Crippen LogP contribution in [-0.4, -0.2) is 26.8 Å². The minimum atomic E-state index is -0.567. The van der Waals surface area contributed by atoms with Gasteiger partial charge < -0.3 is 9.73 Å². The molecule has 3 rings (SSSR count). The SMILES string of the molecule is O=C(CSc1nnc(-c2ccc(Cl)cc2Cl)o1)Nc1ccccc1[N+](=O)[O-]. The first-order valence-corrected chi connectivity index (χ1v) is 9.13. The number of nitro benzene ring substituents is 1. The number of amides is 1. The second-order valence-corrected chi connectivity index (χ2v) is 6.88. The molecule has 3 aromatic rings. The number of nitro groups is 1. The fraction of sp³-hybridized carbons (Fsp3) is 0.0625. The molecule has 0 saturated carbocycles. The van der Waals surface area contributed by atoms with Gasteiger partial charge in [-0.05, 0) is 24.3 Å². The molecule has 0 radical (unpaired) electrons. The molecule has 8 nitrogen and oxygen atoms in total. The summed E-state index contributed by atoms with van der Waals surface area (Å²) in [6, 6.07) is 10.7. The van der Waals surface area contributed by atoms with E-state index in [9.17, 15) is 14.9 Å². The van der Waals surface area contributed by atoms with Gasteiger partial charge in [-0.2, -0.15) is 0 Å². The number of aromatic nitrogens is 2. The third-order valence-electron chi connectivity index (χ3n) is 3.27. The zero-order chi connectivity index (χ0) is 19.4. The van der Waals surface area contributed by atoms with Crippen LogP contribution >= 0.6 is 35.0 Å². The number of hydrogen-bond donors (Lipinski definition) is 1. The molecule has 1 N–H and O–H groups in total. The Bertz CT molecular complexity index is 1010. The molecule has 11 heteroatoms. The number of carbonyl (C=O) groups excluding carboxylic acids is 1. The molecule has 0 atom stereocenters. The first-order valence-electron chi connectivity index (χ1n) is 7.39. The van der Waals surface area contributed by atoms with Gasteiger partial charge in [-0.25, -0.2) is 0 Å². The fourth-order valence-electron chi connectivity index (χ4n) is 2.09. The van der Waals surface area contributed by atoms with E-state index in [1.165, 1.54) is 18.2 Å². The largest absolute Gasteiger partial charge is 0.411 e. The van der Waals surface area contributed by atoms with Crippen LogP contribution in [0.3, 0.4) is 0 Å². The van der Waals surface area contributed by atoms with E-state index in [0.29, 0.717) is 15.6 Å². The Morgan fingerprint density at radius 2 is 2.00 bits per heavy atom. The number of rotatable bonds is 6. The van der Waals surface area contributed by atoms with Gasteiger partial charge in [0, 0.05) is 11.1 Å². The normalized spacial score (nSPS) is 10.6. The van der Waals surface area contributed by atoms with E-state index in [1.807, 2.05) is 0 Å². The molecule has 0 bridgehead atoms. The van der Waals surface area contributed by atoms with Gasteiger partial charge in [-0.15, -0.1) is 10.2 Å². The summed E-state index contributed by atoms with van der Waals surface area (Å²) in [5.41, 5.74) is 0.449. The highest BCUT2D eigenvalue weighted by Crippen LogP contribution is 2.31. The number of nitrogens with zero attached hydrogens (tertiary/aromatic N) is 3. The minimum Gasteiger partial charge on any atom is -0.411 e. The first-order chi connectivity index (χ1) is 12.9. The van der Waals surface area contributed by atoms with Gasteiger partial charge in [0.15, 0.2) is 0 Å². The quantitative estimate of drug-likeness (QED) is 0.347. The lowest BCUT2D eigenvalue weighted by Gasteiger charge is -2.04. The van der Waals surface area contributed by atoms with E-state index in [-0.39, 0.29) is 28.2 Å². The molecule has 0 aliphatic carbocycles.